The predicted molar refractivity (Wildman–Crippen MR) is 98.7 cm³/mol. The summed E-state index contributed by atoms with van der Waals surface area (Å²) >= 11 is 0. The van der Waals surface area contributed by atoms with Crippen molar-refractivity contribution in [2.45, 2.75) is 0 Å². The average molecular weight is 367 g/mol. The summed E-state index contributed by atoms with van der Waals surface area (Å²) in [6, 6.07) is 17.3. The van der Waals surface area contributed by atoms with Gasteiger partial charge in [-0.3, -0.25) is 10.1 Å². The zero-order valence-electron chi connectivity index (χ0n) is 13.9. The number of amides is 2. The van der Waals surface area contributed by atoms with Gasteiger partial charge in [-0.25, -0.2) is 9.18 Å². The number of nitrogens with one attached hydrogen (secondary N) is 2. The number of nitro groups is 1. The first-order valence-corrected chi connectivity index (χ1v) is 7.87. The SMILES string of the molecule is O=C(Nc1ccccc1F)Nc1ccccc1Oc1ccc([N+](=O)[O-])cc1. The van der Waals surface area contributed by atoms with Gasteiger partial charge in [-0.05, 0) is 36.4 Å². The molecule has 8 heteroatoms. The highest BCUT2D eigenvalue weighted by Gasteiger charge is 2.11. The fourth-order valence-electron chi connectivity index (χ4n) is 2.26. The lowest BCUT2D eigenvalue weighted by molar-refractivity contribution is -0.384. The van der Waals surface area contributed by atoms with Crippen LogP contribution in [0.25, 0.3) is 0 Å². The first-order valence-electron chi connectivity index (χ1n) is 7.87. The summed E-state index contributed by atoms with van der Waals surface area (Å²) in [5, 5.41) is 15.7. The Labute approximate surface area is 153 Å². The standard InChI is InChI=1S/C19H14FN3O4/c20-15-5-1-2-6-16(15)21-19(24)22-17-7-3-4-8-18(17)27-14-11-9-13(10-12-14)23(25)26/h1-12H,(H2,21,22,24). The van der Waals surface area contributed by atoms with E-state index in [2.05, 4.69) is 10.6 Å². The summed E-state index contributed by atoms with van der Waals surface area (Å²) in [7, 11) is 0. The van der Waals surface area contributed by atoms with Crippen molar-refractivity contribution in [2.24, 2.45) is 0 Å². The predicted octanol–water partition coefficient (Wildman–Crippen LogP) is 5.17. The number of halogens is 1. The van der Waals surface area contributed by atoms with E-state index in [0.717, 1.165) is 0 Å². The Morgan fingerprint density at radius 3 is 2.15 bits per heavy atom. The van der Waals surface area contributed by atoms with E-state index >= 15 is 0 Å². The molecule has 0 atom stereocenters. The van der Waals surface area contributed by atoms with Crippen LogP contribution in [0.3, 0.4) is 0 Å². The van der Waals surface area contributed by atoms with Crippen LogP contribution in [0, 0.1) is 15.9 Å². The number of hydrogen-bond donors (Lipinski definition) is 2. The Kier molecular flexibility index (Phi) is 5.27. The van der Waals surface area contributed by atoms with Gasteiger partial charge in [0, 0.05) is 12.1 Å². The molecule has 2 N–H and O–H groups in total. The highest BCUT2D eigenvalue weighted by atomic mass is 19.1. The van der Waals surface area contributed by atoms with Crippen LogP contribution in [0.2, 0.25) is 0 Å². The Bertz CT molecular complexity index is 977. The van der Waals surface area contributed by atoms with Gasteiger partial charge in [-0.1, -0.05) is 24.3 Å². The van der Waals surface area contributed by atoms with Gasteiger partial charge in [0.05, 0.1) is 16.3 Å². The number of urea groups is 1. The number of ether oxygens (including phenoxy) is 1. The minimum atomic E-state index is -0.639. The van der Waals surface area contributed by atoms with Crippen LogP contribution < -0.4 is 15.4 Å². The molecular formula is C19H14FN3O4. The molecule has 0 radical (unpaired) electrons. The summed E-state index contributed by atoms with van der Waals surface area (Å²) < 4.78 is 19.3. The van der Waals surface area contributed by atoms with E-state index in [9.17, 15) is 19.3 Å². The van der Waals surface area contributed by atoms with Gasteiger partial charge in [-0.15, -0.1) is 0 Å². The van der Waals surface area contributed by atoms with Crippen LogP contribution in [0.1, 0.15) is 0 Å². The number of benzene rings is 3. The van der Waals surface area contributed by atoms with Gasteiger partial charge < -0.3 is 15.4 Å². The van der Waals surface area contributed by atoms with E-state index in [0.29, 0.717) is 17.2 Å². The number of para-hydroxylation sites is 3. The molecule has 0 unspecified atom stereocenters. The quantitative estimate of drug-likeness (QED) is 0.480. The third-order valence-electron chi connectivity index (χ3n) is 3.53. The van der Waals surface area contributed by atoms with Crippen LogP contribution in [0.4, 0.5) is 26.2 Å². The molecule has 0 aromatic heterocycles. The minimum absolute atomic E-state index is 0.0452. The van der Waals surface area contributed by atoms with Crippen molar-refractivity contribution in [3.63, 3.8) is 0 Å². The summed E-state index contributed by atoms with van der Waals surface area (Å²) in [6.07, 6.45) is 0. The maximum atomic E-state index is 13.6. The second kappa shape index (κ2) is 7.96. The lowest BCUT2D eigenvalue weighted by atomic mass is 10.2. The van der Waals surface area contributed by atoms with Crippen molar-refractivity contribution in [2.75, 3.05) is 10.6 Å². The molecule has 3 rings (SSSR count). The Morgan fingerprint density at radius 1 is 0.889 bits per heavy atom. The Hall–Kier alpha value is -3.94. The van der Waals surface area contributed by atoms with E-state index in [1.165, 1.54) is 42.5 Å². The topological polar surface area (TPSA) is 93.5 Å². The second-order valence-electron chi connectivity index (χ2n) is 5.41. The number of non-ortho nitro benzene ring substituents is 1. The lowest BCUT2D eigenvalue weighted by Gasteiger charge is -2.13. The highest BCUT2D eigenvalue weighted by molar-refractivity contribution is 6.00. The largest absolute Gasteiger partial charge is 0.455 e. The van der Waals surface area contributed by atoms with Crippen LogP contribution in [-0.2, 0) is 0 Å². The first kappa shape index (κ1) is 17.9. The van der Waals surface area contributed by atoms with E-state index < -0.39 is 16.8 Å². The molecule has 0 saturated heterocycles. The van der Waals surface area contributed by atoms with Crippen molar-refractivity contribution >= 4 is 23.1 Å². The molecular weight excluding hydrogens is 353 g/mol. The van der Waals surface area contributed by atoms with Gasteiger partial charge in [-0.2, -0.15) is 0 Å². The third kappa shape index (κ3) is 4.57. The fraction of sp³-hybridized carbons (Fsp3) is 0. The zero-order chi connectivity index (χ0) is 19.2. The third-order valence-corrected chi connectivity index (χ3v) is 3.53. The van der Waals surface area contributed by atoms with E-state index in [1.807, 2.05) is 0 Å². The molecule has 0 spiro atoms. The number of carbonyl (C=O) groups excluding carboxylic acids is 1. The Morgan fingerprint density at radius 2 is 1.48 bits per heavy atom. The number of nitrogens with zero attached hydrogens (tertiary/aromatic N) is 1. The van der Waals surface area contributed by atoms with Crippen molar-refractivity contribution in [3.8, 4) is 11.5 Å². The second-order valence-corrected chi connectivity index (χ2v) is 5.41. The molecule has 3 aromatic carbocycles. The molecule has 3 aromatic rings. The Balaban J connectivity index is 1.73. The summed E-state index contributed by atoms with van der Waals surface area (Å²) in [4.78, 5) is 22.3. The number of anilines is 2. The van der Waals surface area contributed by atoms with Crippen LogP contribution in [-0.4, -0.2) is 11.0 Å². The molecule has 0 saturated carbocycles. The van der Waals surface area contributed by atoms with Gasteiger partial charge in [0.2, 0.25) is 0 Å². The van der Waals surface area contributed by atoms with E-state index in [-0.39, 0.29) is 11.4 Å². The summed E-state index contributed by atoms with van der Waals surface area (Å²) in [5.74, 6) is 0.141. The van der Waals surface area contributed by atoms with Crippen LogP contribution in [0.15, 0.2) is 72.8 Å². The first-order chi connectivity index (χ1) is 13.0. The molecule has 0 aliphatic rings. The summed E-state index contributed by atoms with van der Waals surface area (Å²) in [5.41, 5.74) is 0.339. The molecule has 7 nitrogen and oxygen atoms in total. The normalized spacial score (nSPS) is 10.1. The van der Waals surface area contributed by atoms with E-state index in [1.54, 1.807) is 30.3 Å². The van der Waals surface area contributed by atoms with Crippen molar-refractivity contribution in [3.05, 3.63) is 88.7 Å². The summed E-state index contributed by atoms with van der Waals surface area (Å²) in [6.45, 7) is 0. The highest BCUT2D eigenvalue weighted by Crippen LogP contribution is 2.30. The van der Waals surface area contributed by atoms with Crippen molar-refractivity contribution in [1.29, 1.82) is 0 Å². The average Bonchev–Trinajstić information content (AvgIpc) is 2.66. The lowest BCUT2D eigenvalue weighted by Crippen LogP contribution is -2.20. The molecule has 2 amide bonds. The monoisotopic (exact) mass is 367 g/mol. The van der Waals surface area contributed by atoms with Gasteiger partial charge >= 0.3 is 6.03 Å². The maximum absolute atomic E-state index is 13.6. The molecule has 0 bridgehead atoms. The molecule has 0 aliphatic carbocycles. The smallest absolute Gasteiger partial charge is 0.323 e. The number of carbonyl (C=O) groups is 1. The number of rotatable bonds is 5. The maximum Gasteiger partial charge on any atom is 0.323 e. The number of nitro benzene ring substituents is 1. The van der Waals surface area contributed by atoms with Crippen molar-refractivity contribution < 1.29 is 18.8 Å². The van der Waals surface area contributed by atoms with Gasteiger partial charge in [0.1, 0.15) is 11.6 Å². The molecule has 27 heavy (non-hydrogen) atoms. The fourth-order valence-corrected chi connectivity index (χ4v) is 2.26. The number of hydrogen-bond acceptors (Lipinski definition) is 4. The van der Waals surface area contributed by atoms with Gasteiger partial charge in [0.15, 0.2) is 5.75 Å². The zero-order valence-corrected chi connectivity index (χ0v) is 13.9. The minimum Gasteiger partial charge on any atom is -0.455 e. The molecule has 0 aliphatic heterocycles. The molecule has 0 fully saturated rings. The van der Waals surface area contributed by atoms with Crippen molar-refractivity contribution in [1.82, 2.24) is 0 Å². The molecule has 136 valence electrons. The van der Waals surface area contributed by atoms with Gasteiger partial charge in [0.25, 0.3) is 5.69 Å². The molecule has 0 heterocycles. The van der Waals surface area contributed by atoms with Crippen LogP contribution >= 0.6 is 0 Å². The van der Waals surface area contributed by atoms with Crippen LogP contribution in [0.5, 0.6) is 11.5 Å². The van der Waals surface area contributed by atoms with E-state index in [4.69, 9.17) is 4.74 Å².